The summed E-state index contributed by atoms with van der Waals surface area (Å²) in [6.45, 7) is 3.47. The van der Waals surface area contributed by atoms with Crippen molar-refractivity contribution >= 4 is 17.4 Å². The van der Waals surface area contributed by atoms with Gasteiger partial charge in [-0.1, -0.05) is 19.1 Å². The van der Waals surface area contributed by atoms with Gasteiger partial charge in [0.1, 0.15) is 0 Å². The first kappa shape index (κ1) is 14.7. The van der Waals surface area contributed by atoms with E-state index >= 15 is 0 Å². The molecule has 1 aromatic rings. The van der Waals surface area contributed by atoms with E-state index in [-0.39, 0.29) is 0 Å². The maximum absolute atomic E-state index is 5.79. The fourth-order valence-corrected chi connectivity index (χ4v) is 3.76. The SMILES string of the molecule is CCC(CSC)N(C)CC1(c2ccc(N)cc2)CC1. The van der Waals surface area contributed by atoms with Crippen LogP contribution in [-0.4, -0.2) is 36.5 Å². The highest BCUT2D eigenvalue weighted by atomic mass is 32.2. The van der Waals surface area contributed by atoms with Gasteiger partial charge in [0.2, 0.25) is 0 Å². The third kappa shape index (κ3) is 3.46. The molecule has 0 aliphatic heterocycles. The largest absolute Gasteiger partial charge is 0.399 e. The summed E-state index contributed by atoms with van der Waals surface area (Å²) < 4.78 is 0. The lowest BCUT2D eigenvalue weighted by atomic mass is 9.94. The van der Waals surface area contributed by atoms with E-state index in [1.165, 1.54) is 37.1 Å². The fraction of sp³-hybridized carbons (Fsp3) is 0.625. The number of nitrogens with two attached hydrogens (primary N) is 1. The number of hydrogen-bond acceptors (Lipinski definition) is 3. The summed E-state index contributed by atoms with van der Waals surface area (Å²) in [7, 11) is 2.28. The topological polar surface area (TPSA) is 29.3 Å². The summed E-state index contributed by atoms with van der Waals surface area (Å²) >= 11 is 1.95. The van der Waals surface area contributed by atoms with Gasteiger partial charge in [-0.2, -0.15) is 11.8 Å². The highest BCUT2D eigenvalue weighted by Crippen LogP contribution is 2.49. The standard InChI is InChI=1S/C16H26N2S/c1-4-15(11-19-3)18(2)12-16(9-10-16)13-5-7-14(17)8-6-13/h5-8,15H,4,9-12,17H2,1-3H3. The Morgan fingerprint density at radius 3 is 2.42 bits per heavy atom. The van der Waals surface area contributed by atoms with E-state index in [9.17, 15) is 0 Å². The maximum Gasteiger partial charge on any atom is 0.0314 e. The van der Waals surface area contributed by atoms with Crippen molar-refractivity contribution in [2.24, 2.45) is 0 Å². The molecule has 19 heavy (non-hydrogen) atoms. The van der Waals surface area contributed by atoms with E-state index in [4.69, 9.17) is 5.73 Å². The zero-order valence-corrected chi connectivity index (χ0v) is 13.2. The summed E-state index contributed by atoms with van der Waals surface area (Å²) in [5, 5.41) is 0. The third-order valence-corrected chi connectivity index (χ3v) is 5.10. The van der Waals surface area contributed by atoms with Crippen molar-refractivity contribution in [1.29, 1.82) is 0 Å². The zero-order chi connectivity index (χ0) is 13.9. The highest BCUT2D eigenvalue weighted by molar-refractivity contribution is 7.98. The van der Waals surface area contributed by atoms with Gasteiger partial charge in [-0.25, -0.2) is 0 Å². The first-order valence-corrected chi connectivity index (χ1v) is 8.56. The zero-order valence-electron chi connectivity index (χ0n) is 12.4. The normalized spacial score (nSPS) is 18.5. The van der Waals surface area contributed by atoms with Gasteiger partial charge in [0.05, 0.1) is 0 Å². The molecule has 0 saturated heterocycles. The van der Waals surface area contributed by atoms with Crippen LogP contribution in [-0.2, 0) is 5.41 Å². The molecule has 0 radical (unpaired) electrons. The second-order valence-corrected chi connectivity index (χ2v) is 6.75. The second kappa shape index (κ2) is 6.19. The minimum atomic E-state index is 0.397. The van der Waals surface area contributed by atoms with Crippen molar-refractivity contribution in [3.63, 3.8) is 0 Å². The van der Waals surface area contributed by atoms with E-state index in [1.807, 2.05) is 23.9 Å². The Morgan fingerprint density at radius 2 is 1.95 bits per heavy atom. The average Bonchev–Trinajstić information content (AvgIpc) is 3.17. The van der Waals surface area contributed by atoms with Crippen molar-refractivity contribution in [3.05, 3.63) is 29.8 Å². The Bertz CT molecular complexity index is 398. The predicted octanol–water partition coefficient (Wildman–Crippen LogP) is 3.37. The molecule has 0 aromatic heterocycles. The average molecular weight is 278 g/mol. The molecule has 1 aromatic carbocycles. The van der Waals surface area contributed by atoms with Crippen LogP contribution >= 0.6 is 11.8 Å². The van der Waals surface area contributed by atoms with Crippen LogP contribution in [0.5, 0.6) is 0 Å². The number of benzene rings is 1. The third-order valence-electron chi connectivity index (χ3n) is 4.38. The molecule has 1 fully saturated rings. The monoisotopic (exact) mass is 278 g/mol. The van der Waals surface area contributed by atoms with Crippen molar-refractivity contribution in [1.82, 2.24) is 4.90 Å². The smallest absolute Gasteiger partial charge is 0.0314 e. The van der Waals surface area contributed by atoms with Gasteiger partial charge < -0.3 is 10.6 Å². The van der Waals surface area contributed by atoms with Crippen LogP contribution in [0.15, 0.2) is 24.3 Å². The van der Waals surface area contributed by atoms with Gasteiger partial charge in [0, 0.05) is 29.4 Å². The quantitative estimate of drug-likeness (QED) is 0.775. The van der Waals surface area contributed by atoms with Gasteiger partial charge >= 0.3 is 0 Å². The highest BCUT2D eigenvalue weighted by Gasteiger charge is 2.45. The number of likely N-dealkylation sites (N-methyl/N-ethyl adjacent to an activating group) is 1. The van der Waals surface area contributed by atoms with E-state index in [0.29, 0.717) is 11.5 Å². The Kier molecular flexibility index (Phi) is 4.80. The second-order valence-electron chi connectivity index (χ2n) is 5.83. The molecule has 1 atom stereocenters. The molecule has 3 heteroatoms. The van der Waals surface area contributed by atoms with Crippen LogP contribution in [0.2, 0.25) is 0 Å². The molecule has 2 N–H and O–H groups in total. The molecule has 1 saturated carbocycles. The number of hydrogen-bond donors (Lipinski definition) is 1. The van der Waals surface area contributed by atoms with E-state index in [1.54, 1.807) is 0 Å². The number of thioether (sulfide) groups is 1. The Morgan fingerprint density at radius 1 is 1.32 bits per heavy atom. The molecule has 1 unspecified atom stereocenters. The Balaban J connectivity index is 2.03. The Labute approximate surface area is 121 Å². The van der Waals surface area contributed by atoms with Crippen molar-refractivity contribution in [2.75, 3.05) is 31.3 Å². The van der Waals surface area contributed by atoms with Gasteiger partial charge in [-0.15, -0.1) is 0 Å². The van der Waals surface area contributed by atoms with Crippen molar-refractivity contribution in [2.45, 2.75) is 37.6 Å². The van der Waals surface area contributed by atoms with Gasteiger partial charge in [0.25, 0.3) is 0 Å². The molecule has 2 nitrogen and oxygen atoms in total. The summed E-state index contributed by atoms with van der Waals surface area (Å²) in [6.07, 6.45) is 6.06. The van der Waals surface area contributed by atoms with Crippen molar-refractivity contribution < 1.29 is 0 Å². The summed E-state index contributed by atoms with van der Waals surface area (Å²) in [4.78, 5) is 2.56. The van der Waals surface area contributed by atoms with Gasteiger partial charge in [-0.05, 0) is 50.3 Å². The van der Waals surface area contributed by atoms with E-state index < -0.39 is 0 Å². The molecular formula is C16H26N2S. The minimum absolute atomic E-state index is 0.397. The van der Waals surface area contributed by atoms with Crippen LogP contribution in [0.1, 0.15) is 31.7 Å². The maximum atomic E-state index is 5.79. The predicted molar refractivity (Wildman–Crippen MR) is 86.9 cm³/mol. The number of rotatable bonds is 7. The van der Waals surface area contributed by atoms with Crippen LogP contribution < -0.4 is 5.73 Å². The molecule has 0 bridgehead atoms. The first-order chi connectivity index (χ1) is 9.11. The minimum Gasteiger partial charge on any atom is -0.399 e. The molecule has 1 aliphatic carbocycles. The summed E-state index contributed by atoms with van der Waals surface area (Å²) in [5.41, 5.74) is 8.51. The fourth-order valence-electron chi connectivity index (χ4n) is 2.88. The molecule has 0 spiro atoms. The Hall–Kier alpha value is -0.670. The summed E-state index contributed by atoms with van der Waals surface area (Å²) in [5.74, 6) is 1.23. The molecule has 1 aliphatic rings. The van der Waals surface area contributed by atoms with Gasteiger partial charge in [0.15, 0.2) is 0 Å². The summed E-state index contributed by atoms with van der Waals surface area (Å²) in [6, 6.07) is 9.20. The molecule has 0 amide bonds. The van der Waals surface area contributed by atoms with Crippen LogP contribution in [0.4, 0.5) is 5.69 Å². The lowest BCUT2D eigenvalue weighted by Gasteiger charge is -2.31. The number of nitrogens with zero attached hydrogens (tertiary/aromatic N) is 1. The first-order valence-electron chi connectivity index (χ1n) is 7.16. The number of nitrogen functional groups attached to an aromatic ring is 1. The van der Waals surface area contributed by atoms with E-state index in [0.717, 1.165) is 5.69 Å². The number of anilines is 1. The molecule has 2 rings (SSSR count). The van der Waals surface area contributed by atoms with Crippen LogP contribution in [0.25, 0.3) is 0 Å². The molecule has 106 valence electrons. The van der Waals surface area contributed by atoms with Crippen LogP contribution in [0.3, 0.4) is 0 Å². The van der Waals surface area contributed by atoms with E-state index in [2.05, 4.69) is 37.3 Å². The lowest BCUT2D eigenvalue weighted by Crippen LogP contribution is -2.38. The van der Waals surface area contributed by atoms with Crippen molar-refractivity contribution in [3.8, 4) is 0 Å². The lowest BCUT2D eigenvalue weighted by molar-refractivity contribution is 0.233. The molecule has 0 heterocycles. The van der Waals surface area contributed by atoms with Gasteiger partial charge in [-0.3, -0.25) is 0 Å². The van der Waals surface area contributed by atoms with Crippen LogP contribution in [0, 0.1) is 0 Å². The molecular weight excluding hydrogens is 252 g/mol.